The fraction of sp³-hybridized carbons (Fsp3) is 0.455. The Kier molecular flexibility index (Phi) is 7.08. The first kappa shape index (κ1) is 20.8. The van der Waals surface area contributed by atoms with Crippen molar-refractivity contribution in [2.24, 2.45) is 0 Å². The molecule has 1 heterocycles. The summed E-state index contributed by atoms with van der Waals surface area (Å²) in [7, 11) is 0. The summed E-state index contributed by atoms with van der Waals surface area (Å²) in [5.74, 6) is -4.34. The number of rotatable bonds is 7. The Hall–Kier alpha value is -1.92. The minimum Gasteiger partial charge on any atom is -0.352 e. The van der Waals surface area contributed by atoms with Gasteiger partial charge in [-0.25, -0.2) is 17.6 Å². The highest BCUT2D eigenvalue weighted by atomic mass is 19.2. The molecule has 1 aliphatic rings. The average Bonchev–Trinajstić information content (AvgIpc) is 2.69. The molecule has 0 bridgehead atoms. The summed E-state index contributed by atoms with van der Waals surface area (Å²) in [6, 6.07) is 7.26. The molecule has 0 N–H and O–H groups in total. The first-order chi connectivity index (χ1) is 13.5. The highest BCUT2D eigenvalue weighted by Gasteiger charge is 2.25. The van der Waals surface area contributed by atoms with Crippen LogP contribution in [0.3, 0.4) is 0 Å². The molecule has 2 aromatic carbocycles. The molecule has 0 unspecified atom stereocenters. The van der Waals surface area contributed by atoms with Crippen molar-refractivity contribution in [3.05, 3.63) is 70.3 Å². The largest absolute Gasteiger partial charge is 0.352 e. The minimum absolute atomic E-state index is 0.197. The van der Waals surface area contributed by atoms with Crippen molar-refractivity contribution in [1.82, 2.24) is 0 Å². The predicted octanol–water partition coefficient (Wildman–Crippen LogP) is 5.67. The number of hydrogen-bond acceptors (Lipinski definition) is 2. The normalized spacial score (nSPS) is 19.8. The van der Waals surface area contributed by atoms with Gasteiger partial charge in [0.15, 0.2) is 23.7 Å². The molecule has 0 spiro atoms. The Balaban J connectivity index is 1.52. The summed E-state index contributed by atoms with van der Waals surface area (Å²) < 4.78 is 65.3. The lowest BCUT2D eigenvalue weighted by molar-refractivity contribution is -0.189. The van der Waals surface area contributed by atoms with E-state index in [2.05, 4.69) is 6.92 Å². The van der Waals surface area contributed by atoms with Gasteiger partial charge in [-0.05, 0) is 54.2 Å². The van der Waals surface area contributed by atoms with Crippen LogP contribution in [0.5, 0.6) is 0 Å². The van der Waals surface area contributed by atoms with Crippen molar-refractivity contribution >= 4 is 0 Å². The minimum atomic E-state index is -1.47. The predicted molar refractivity (Wildman–Crippen MR) is 98.1 cm³/mol. The van der Waals surface area contributed by atoms with Crippen LogP contribution in [-0.4, -0.2) is 19.5 Å². The summed E-state index contributed by atoms with van der Waals surface area (Å²) in [5.41, 5.74) is 1.89. The van der Waals surface area contributed by atoms with Crippen molar-refractivity contribution in [3.63, 3.8) is 0 Å². The van der Waals surface area contributed by atoms with Gasteiger partial charge < -0.3 is 9.47 Å². The quantitative estimate of drug-likeness (QED) is 0.443. The molecule has 28 heavy (non-hydrogen) atoms. The number of aryl methyl sites for hydroxylation is 2. The van der Waals surface area contributed by atoms with Gasteiger partial charge in [-0.2, -0.15) is 0 Å². The van der Waals surface area contributed by atoms with E-state index in [1.807, 2.05) is 6.07 Å². The molecule has 3 rings (SSSR count). The van der Waals surface area contributed by atoms with Gasteiger partial charge in [-0.3, -0.25) is 0 Å². The Bertz CT molecular complexity index is 778. The number of halogens is 4. The summed E-state index contributed by atoms with van der Waals surface area (Å²) in [5, 5.41) is 0. The highest BCUT2D eigenvalue weighted by Crippen LogP contribution is 2.27. The molecular weight excluding hydrogens is 372 g/mol. The zero-order valence-corrected chi connectivity index (χ0v) is 15.8. The lowest BCUT2D eigenvalue weighted by atomic mass is 9.96. The van der Waals surface area contributed by atoms with Crippen LogP contribution in [0, 0.1) is 23.3 Å². The lowest BCUT2D eigenvalue weighted by Crippen LogP contribution is -2.31. The first-order valence-corrected chi connectivity index (χ1v) is 9.63. The van der Waals surface area contributed by atoms with E-state index in [0.717, 1.165) is 37.0 Å². The van der Waals surface area contributed by atoms with Crippen molar-refractivity contribution in [1.29, 1.82) is 0 Å². The molecule has 6 heteroatoms. The van der Waals surface area contributed by atoms with Crippen LogP contribution in [-0.2, 0) is 22.3 Å². The molecular formula is C22H24F4O2. The number of unbranched alkanes of at least 4 members (excludes halogenated alkanes) is 1. The number of benzene rings is 2. The second-order valence-corrected chi connectivity index (χ2v) is 7.16. The van der Waals surface area contributed by atoms with E-state index in [4.69, 9.17) is 9.47 Å². The highest BCUT2D eigenvalue weighted by molar-refractivity contribution is 5.28. The third-order valence-electron chi connectivity index (χ3n) is 5.00. The van der Waals surface area contributed by atoms with E-state index in [1.54, 1.807) is 12.1 Å². The molecule has 0 radical (unpaired) electrons. The zero-order chi connectivity index (χ0) is 20.1. The van der Waals surface area contributed by atoms with Crippen LogP contribution < -0.4 is 0 Å². The van der Waals surface area contributed by atoms with Crippen LogP contribution in [0.15, 0.2) is 30.3 Å². The van der Waals surface area contributed by atoms with Crippen LogP contribution in [0.1, 0.15) is 48.8 Å². The topological polar surface area (TPSA) is 18.5 Å². The summed E-state index contributed by atoms with van der Waals surface area (Å²) in [6.07, 6.45) is 3.06. The molecule has 0 aliphatic carbocycles. The number of hydrogen-bond donors (Lipinski definition) is 0. The van der Waals surface area contributed by atoms with Gasteiger partial charge in [0.25, 0.3) is 0 Å². The van der Waals surface area contributed by atoms with Crippen LogP contribution >= 0.6 is 0 Å². The van der Waals surface area contributed by atoms with Gasteiger partial charge in [-0.15, -0.1) is 0 Å². The van der Waals surface area contributed by atoms with Gasteiger partial charge in [-0.1, -0.05) is 25.5 Å². The van der Waals surface area contributed by atoms with Gasteiger partial charge in [0.05, 0.1) is 13.2 Å². The van der Waals surface area contributed by atoms with E-state index >= 15 is 0 Å². The smallest absolute Gasteiger partial charge is 0.194 e. The second kappa shape index (κ2) is 9.52. The molecule has 2 aromatic rings. The molecule has 1 fully saturated rings. The maximum Gasteiger partial charge on any atom is 0.194 e. The van der Waals surface area contributed by atoms with E-state index in [1.165, 1.54) is 0 Å². The van der Waals surface area contributed by atoms with Gasteiger partial charge in [0.1, 0.15) is 5.82 Å². The average molecular weight is 396 g/mol. The van der Waals surface area contributed by atoms with E-state index in [0.29, 0.717) is 30.8 Å². The van der Waals surface area contributed by atoms with Crippen LogP contribution in [0.2, 0.25) is 0 Å². The van der Waals surface area contributed by atoms with Gasteiger partial charge in [0, 0.05) is 12.3 Å². The van der Waals surface area contributed by atoms with Crippen LogP contribution in [0.25, 0.3) is 0 Å². The van der Waals surface area contributed by atoms with Crippen molar-refractivity contribution in [2.75, 3.05) is 13.2 Å². The Morgan fingerprint density at radius 1 is 0.857 bits per heavy atom. The number of ether oxygens (including phenoxy) is 2. The van der Waals surface area contributed by atoms with Crippen molar-refractivity contribution in [3.8, 4) is 0 Å². The Labute approximate surface area is 162 Å². The molecule has 152 valence electrons. The van der Waals surface area contributed by atoms with Crippen molar-refractivity contribution in [2.45, 2.75) is 51.2 Å². The molecule has 0 aromatic heterocycles. The third-order valence-corrected chi connectivity index (χ3v) is 5.00. The van der Waals surface area contributed by atoms with Crippen molar-refractivity contribution < 1.29 is 27.0 Å². The molecule has 1 aliphatic heterocycles. The summed E-state index contributed by atoms with van der Waals surface area (Å²) >= 11 is 0. The fourth-order valence-electron chi connectivity index (χ4n) is 3.36. The lowest BCUT2D eigenvalue weighted by Gasteiger charge is -2.30. The maximum absolute atomic E-state index is 14.4. The molecule has 0 amide bonds. The fourth-order valence-corrected chi connectivity index (χ4v) is 3.36. The summed E-state index contributed by atoms with van der Waals surface area (Å²) in [6.45, 7) is 2.71. The second-order valence-electron chi connectivity index (χ2n) is 7.16. The molecule has 2 nitrogen and oxygen atoms in total. The third kappa shape index (κ3) is 5.11. The molecule has 0 atom stereocenters. The maximum atomic E-state index is 14.4. The summed E-state index contributed by atoms with van der Waals surface area (Å²) in [4.78, 5) is 0. The molecule has 1 saturated heterocycles. The first-order valence-electron chi connectivity index (χ1n) is 9.63. The van der Waals surface area contributed by atoms with E-state index in [-0.39, 0.29) is 18.2 Å². The van der Waals surface area contributed by atoms with Crippen LogP contribution in [0.4, 0.5) is 17.6 Å². The Morgan fingerprint density at radius 3 is 2.11 bits per heavy atom. The molecule has 0 saturated carbocycles. The van der Waals surface area contributed by atoms with E-state index in [9.17, 15) is 17.6 Å². The van der Waals surface area contributed by atoms with Gasteiger partial charge in [0.2, 0.25) is 0 Å². The van der Waals surface area contributed by atoms with E-state index < -0.39 is 23.7 Å². The standard InChI is InChI=1S/C22H24F4O2/c1-2-3-4-14-5-7-17(18(23)9-14)16-12-27-21(28-13-16)8-6-15-10-19(24)22(26)20(25)11-15/h5,7,9-11,16,21H,2-4,6,8,12-13H2,1H3. The Morgan fingerprint density at radius 2 is 1.50 bits per heavy atom. The SMILES string of the molecule is CCCCc1ccc(C2COC(CCc3cc(F)c(F)c(F)c3)OC2)c(F)c1. The zero-order valence-electron chi connectivity index (χ0n) is 15.8. The monoisotopic (exact) mass is 396 g/mol. The van der Waals surface area contributed by atoms with Gasteiger partial charge >= 0.3 is 0 Å².